The van der Waals surface area contributed by atoms with E-state index in [1.165, 1.54) is 6.92 Å². The maximum Gasteiger partial charge on any atom is 0.254 e. The zero-order valence-corrected chi connectivity index (χ0v) is 13.4. The van der Waals surface area contributed by atoms with Gasteiger partial charge in [0.1, 0.15) is 0 Å². The minimum Gasteiger partial charge on any atom is -0.352 e. The van der Waals surface area contributed by atoms with Gasteiger partial charge in [0.2, 0.25) is 5.91 Å². The topological polar surface area (TPSA) is 61.4 Å². The number of benzene rings is 1. The SMILES string of the molecule is CCCN(C(=O)c1ccc(CNC(C)=O)cc1)C1CCNC1. The maximum absolute atomic E-state index is 12.7. The second-order valence-electron chi connectivity index (χ2n) is 5.75. The number of nitrogens with zero attached hydrogens (tertiary/aromatic N) is 1. The van der Waals surface area contributed by atoms with Crippen LogP contribution in [0, 0.1) is 0 Å². The Morgan fingerprint density at radius 1 is 1.32 bits per heavy atom. The highest BCUT2D eigenvalue weighted by Gasteiger charge is 2.26. The summed E-state index contributed by atoms with van der Waals surface area (Å²) >= 11 is 0. The zero-order valence-electron chi connectivity index (χ0n) is 13.4. The molecule has 22 heavy (non-hydrogen) atoms. The summed E-state index contributed by atoms with van der Waals surface area (Å²) in [5, 5.41) is 6.08. The number of nitrogens with one attached hydrogen (secondary N) is 2. The predicted octanol–water partition coefficient (Wildman–Crippen LogP) is 1.54. The van der Waals surface area contributed by atoms with E-state index in [0.29, 0.717) is 18.2 Å². The molecule has 1 heterocycles. The van der Waals surface area contributed by atoms with Gasteiger partial charge in [-0.05, 0) is 37.1 Å². The second-order valence-corrected chi connectivity index (χ2v) is 5.75. The minimum atomic E-state index is -0.0528. The average Bonchev–Trinajstić information content (AvgIpc) is 3.04. The summed E-state index contributed by atoms with van der Waals surface area (Å²) in [6.45, 7) is 6.74. The fraction of sp³-hybridized carbons (Fsp3) is 0.529. The van der Waals surface area contributed by atoms with Gasteiger partial charge in [-0.1, -0.05) is 19.1 Å². The van der Waals surface area contributed by atoms with Gasteiger partial charge >= 0.3 is 0 Å². The van der Waals surface area contributed by atoms with Crippen LogP contribution in [0.3, 0.4) is 0 Å². The molecule has 1 saturated heterocycles. The molecular weight excluding hydrogens is 278 g/mol. The van der Waals surface area contributed by atoms with Gasteiger partial charge in [-0.25, -0.2) is 0 Å². The Kier molecular flexibility index (Phi) is 5.95. The number of carbonyl (C=O) groups excluding carboxylic acids is 2. The van der Waals surface area contributed by atoms with Crippen molar-refractivity contribution in [2.75, 3.05) is 19.6 Å². The zero-order chi connectivity index (χ0) is 15.9. The molecule has 0 aromatic heterocycles. The normalized spacial score (nSPS) is 17.3. The Morgan fingerprint density at radius 3 is 2.59 bits per heavy atom. The monoisotopic (exact) mass is 303 g/mol. The van der Waals surface area contributed by atoms with Gasteiger partial charge in [0.05, 0.1) is 0 Å². The van der Waals surface area contributed by atoms with E-state index in [4.69, 9.17) is 0 Å². The van der Waals surface area contributed by atoms with Crippen molar-refractivity contribution >= 4 is 11.8 Å². The molecule has 2 amide bonds. The Labute approximate surface area is 132 Å². The van der Waals surface area contributed by atoms with Gasteiger partial charge in [-0.3, -0.25) is 9.59 Å². The number of hydrogen-bond acceptors (Lipinski definition) is 3. The molecule has 5 heteroatoms. The van der Waals surface area contributed by atoms with Crippen molar-refractivity contribution in [2.45, 2.75) is 39.3 Å². The van der Waals surface area contributed by atoms with Crippen molar-refractivity contribution in [3.8, 4) is 0 Å². The van der Waals surface area contributed by atoms with Crippen LogP contribution in [-0.2, 0) is 11.3 Å². The largest absolute Gasteiger partial charge is 0.352 e. The van der Waals surface area contributed by atoms with E-state index < -0.39 is 0 Å². The first-order valence-electron chi connectivity index (χ1n) is 7.97. The van der Waals surface area contributed by atoms with Gasteiger partial charge in [0.25, 0.3) is 5.91 Å². The van der Waals surface area contributed by atoms with E-state index in [0.717, 1.165) is 38.0 Å². The fourth-order valence-corrected chi connectivity index (χ4v) is 2.75. The molecule has 1 aliphatic rings. The summed E-state index contributed by atoms with van der Waals surface area (Å²) in [4.78, 5) is 25.6. The molecular formula is C17H25N3O2. The van der Waals surface area contributed by atoms with Crippen molar-refractivity contribution < 1.29 is 9.59 Å². The number of rotatable bonds is 6. The standard InChI is InChI=1S/C17H25N3O2/c1-3-10-20(16-8-9-18-12-16)17(22)15-6-4-14(5-7-15)11-19-13(2)21/h4-7,16,18H,3,8-12H2,1-2H3,(H,19,21). The van der Waals surface area contributed by atoms with E-state index in [9.17, 15) is 9.59 Å². The Morgan fingerprint density at radius 2 is 2.05 bits per heavy atom. The van der Waals surface area contributed by atoms with Crippen LogP contribution in [0.5, 0.6) is 0 Å². The smallest absolute Gasteiger partial charge is 0.254 e. The van der Waals surface area contributed by atoms with Crippen molar-refractivity contribution in [1.29, 1.82) is 0 Å². The van der Waals surface area contributed by atoms with Gasteiger partial charge in [0.15, 0.2) is 0 Å². The van der Waals surface area contributed by atoms with Crippen LogP contribution < -0.4 is 10.6 Å². The molecule has 1 fully saturated rings. The molecule has 0 bridgehead atoms. The summed E-state index contributed by atoms with van der Waals surface area (Å²) in [6, 6.07) is 7.81. The summed E-state index contributed by atoms with van der Waals surface area (Å²) in [7, 11) is 0. The van der Waals surface area contributed by atoms with Gasteiger partial charge in [-0.2, -0.15) is 0 Å². The molecule has 1 aromatic rings. The average molecular weight is 303 g/mol. The highest BCUT2D eigenvalue weighted by atomic mass is 16.2. The summed E-state index contributed by atoms with van der Waals surface area (Å²) in [5.41, 5.74) is 1.71. The molecule has 1 aromatic carbocycles. The van der Waals surface area contributed by atoms with Crippen LogP contribution >= 0.6 is 0 Å². The predicted molar refractivity (Wildman–Crippen MR) is 86.6 cm³/mol. The first-order valence-corrected chi connectivity index (χ1v) is 7.97. The lowest BCUT2D eigenvalue weighted by Crippen LogP contribution is -2.42. The molecule has 2 N–H and O–H groups in total. The first kappa shape index (κ1) is 16.5. The molecule has 0 saturated carbocycles. The highest BCUT2D eigenvalue weighted by molar-refractivity contribution is 5.94. The van der Waals surface area contributed by atoms with Crippen molar-refractivity contribution in [3.63, 3.8) is 0 Å². The van der Waals surface area contributed by atoms with Crippen molar-refractivity contribution in [1.82, 2.24) is 15.5 Å². The number of hydrogen-bond donors (Lipinski definition) is 2. The third-order valence-electron chi connectivity index (χ3n) is 3.94. The Hall–Kier alpha value is -1.88. The van der Waals surface area contributed by atoms with Crippen LogP contribution in [0.4, 0.5) is 0 Å². The molecule has 1 unspecified atom stereocenters. The summed E-state index contributed by atoms with van der Waals surface area (Å²) in [6.07, 6.45) is 1.98. The fourth-order valence-electron chi connectivity index (χ4n) is 2.75. The maximum atomic E-state index is 12.7. The Bertz CT molecular complexity index is 507. The third kappa shape index (κ3) is 4.31. The van der Waals surface area contributed by atoms with Gasteiger partial charge < -0.3 is 15.5 Å². The second kappa shape index (κ2) is 7.94. The van der Waals surface area contributed by atoms with Crippen LogP contribution in [0.1, 0.15) is 42.6 Å². The Balaban J connectivity index is 2.04. The van der Waals surface area contributed by atoms with Crippen LogP contribution in [0.2, 0.25) is 0 Å². The lowest BCUT2D eigenvalue weighted by molar-refractivity contribution is -0.119. The van der Waals surface area contributed by atoms with Crippen LogP contribution in [0.25, 0.3) is 0 Å². The molecule has 1 aliphatic heterocycles. The molecule has 120 valence electrons. The molecule has 5 nitrogen and oxygen atoms in total. The molecule has 1 atom stereocenters. The van der Waals surface area contributed by atoms with E-state index in [-0.39, 0.29) is 11.8 Å². The number of carbonyl (C=O) groups is 2. The number of amides is 2. The molecule has 0 radical (unpaired) electrons. The molecule has 2 rings (SSSR count). The quantitative estimate of drug-likeness (QED) is 0.838. The lowest BCUT2D eigenvalue weighted by Gasteiger charge is -2.28. The van der Waals surface area contributed by atoms with Crippen LogP contribution in [-0.4, -0.2) is 42.4 Å². The van der Waals surface area contributed by atoms with Crippen molar-refractivity contribution in [2.24, 2.45) is 0 Å². The third-order valence-corrected chi connectivity index (χ3v) is 3.94. The van der Waals surface area contributed by atoms with E-state index in [2.05, 4.69) is 17.6 Å². The molecule has 0 spiro atoms. The van der Waals surface area contributed by atoms with E-state index in [1.807, 2.05) is 29.2 Å². The van der Waals surface area contributed by atoms with Crippen LogP contribution in [0.15, 0.2) is 24.3 Å². The lowest BCUT2D eigenvalue weighted by atomic mass is 10.1. The minimum absolute atomic E-state index is 0.0528. The molecule has 0 aliphatic carbocycles. The van der Waals surface area contributed by atoms with E-state index >= 15 is 0 Å². The summed E-state index contributed by atoms with van der Waals surface area (Å²) < 4.78 is 0. The van der Waals surface area contributed by atoms with Crippen molar-refractivity contribution in [3.05, 3.63) is 35.4 Å². The summed E-state index contributed by atoms with van der Waals surface area (Å²) in [5.74, 6) is 0.0460. The van der Waals surface area contributed by atoms with Gasteiger partial charge in [-0.15, -0.1) is 0 Å². The first-order chi connectivity index (χ1) is 10.6. The highest BCUT2D eigenvalue weighted by Crippen LogP contribution is 2.15. The van der Waals surface area contributed by atoms with E-state index in [1.54, 1.807) is 0 Å². The van der Waals surface area contributed by atoms with Gasteiger partial charge in [0, 0.05) is 38.2 Å².